The minimum atomic E-state index is 0.210. The number of rotatable bonds is 5. The number of nitrogens with zero attached hydrogens (tertiary/aromatic N) is 1. The molecule has 2 heterocycles. The van der Waals surface area contributed by atoms with E-state index in [4.69, 9.17) is 4.42 Å². The van der Waals surface area contributed by atoms with E-state index in [1.165, 1.54) is 38.5 Å². The normalized spacial score (nSPS) is 31.9. The van der Waals surface area contributed by atoms with Gasteiger partial charge >= 0.3 is 0 Å². The molecule has 4 aliphatic rings. The largest absolute Gasteiger partial charge is 0.463 e. The Balaban J connectivity index is 1.18. The fourth-order valence-electron chi connectivity index (χ4n) is 6.21. The zero-order chi connectivity index (χ0) is 17.6. The van der Waals surface area contributed by atoms with Gasteiger partial charge < -0.3 is 9.73 Å². The molecule has 0 radical (unpaired) electrons. The Kier molecular flexibility index (Phi) is 3.87. The van der Waals surface area contributed by atoms with E-state index in [2.05, 4.69) is 10.3 Å². The monoisotopic (exact) mass is 350 g/mol. The lowest BCUT2D eigenvalue weighted by molar-refractivity contribution is -0.129. The minimum absolute atomic E-state index is 0.210. The van der Waals surface area contributed by atoms with Crippen molar-refractivity contribution in [3.05, 3.63) is 42.3 Å². The second-order valence-corrected chi connectivity index (χ2v) is 8.90. The van der Waals surface area contributed by atoms with Crippen LogP contribution in [0.1, 0.15) is 50.5 Å². The zero-order valence-electron chi connectivity index (χ0n) is 15.1. The standard InChI is InChI=1S/C22H26N2O2/c25-21(12-22-9-16-6-17(10-22)8-18(7-16)11-22)24-14-15-3-4-19(23-13-15)20-2-1-5-26-20/h1-5,13,16-18H,6-12,14H2,(H,24,25). The minimum Gasteiger partial charge on any atom is -0.463 e. The van der Waals surface area contributed by atoms with Crippen LogP contribution in [0.2, 0.25) is 0 Å². The maximum absolute atomic E-state index is 12.6. The molecule has 0 aliphatic heterocycles. The Labute approximate surface area is 154 Å². The van der Waals surface area contributed by atoms with Crippen LogP contribution in [0.3, 0.4) is 0 Å². The Morgan fingerprint density at radius 1 is 1.12 bits per heavy atom. The van der Waals surface area contributed by atoms with Gasteiger partial charge in [-0.15, -0.1) is 0 Å². The summed E-state index contributed by atoms with van der Waals surface area (Å²) in [5, 5.41) is 3.13. The number of carbonyl (C=O) groups is 1. The van der Waals surface area contributed by atoms with Gasteiger partial charge in [0.1, 0.15) is 5.69 Å². The van der Waals surface area contributed by atoms with Crippen LogP contribution in [0.4, 0.5) is 0 Å². The molecule has 136 valence electrons. The Morgan fingerprint density at radius 2 is 1.85 bits per heavy atom. The molecular formula is C22H26N2O2. The molecule has 0 unspecified atom stereocenters. The van der Waals surface area contributed by atoms with Gasteiger partial charge in [0.15, 0.2) is 5.76 Å². The highest BCUT2D eigenvalue weighted by Gasteiger charge is 2.51. The number of pyridine rings is 1. The fraction of sp³-hybridized carbons (Fsp3) is 0.545. The van der Waals surface area contributed by atoms with E-state index >= 15 is 0 Å². The van der Waals surface area contributed by atoms with Crippen molar-refractivity contribution >= 4 is 5.91 Å². The van der Waals surface area contributed by atoms with Gasteiger partial charge in [0.2, 0.25) is 5.91 Å². The maximum atomic E-state index is 12.6. The summed E-state index contributed by atoms with van der Waals surface area (Å²) in [4.78, 5) is 17.0. The van der Waals surface area contributed by atoms with E-state index in [0.717, 1.165) is 34.8 Å². The number of amides is 1. The third kappa shape index (κ3) is 3.06. The third-order valence-corrected chi connectivity index (χ3v) is 6.79. The lowest BCUT2D eigenvalue weighted by atomic mass is 9.49. The first kappa shape index (κ1) is 16.1. The predicted molar refractivity (Wildman–Crippen MR) is 99.0 cm³/mol. The second-order valence-electron chi connectivity index (χ2n) is 8.90. The summed E-state index contributed by atoms with van der Waals surface area (Å²) >= 11 is 0. The van der Waals surface area contributed by atoms with Gasteiger partial charge in [-0.1, -0.05) is 6.07 Å². The molecule has 1 N–H and O–H groups in total. The average molecular weight is 350 g/mol. The van der Waals surface area contributed by atoms with Crippen LogP contribution in [0.5, 0.6) is 0 Å². The molecule has 4 bridgehead atoms. The molecule has 26 heavy (non-hydrogen) atoms. The van der Waals surface area contributed by atoms with Crippen LogP contribution in [-0.4, -0.2) is 10.9 Å². The number of hydrogen-bond donors (Lipinski definition) is 1. The van der Waals surface area contributed by atoms with Crippen molar-refractivity contribution < 1.29 is 9.21 Å². The fourth-order valence-corrected chi connectivity index (χ4v) is 6.21. The van der Waals surface area contributed by atoms with Gasteiger partial charge in [-0.25, -0.2) is 0 Å². The number of aromatic nitrogens is 1. The van der Waals surface area contributed by atoms with Crippen LogP contribution in [0, 0.1) is 23.2 Å². The summed E-state index contributed by atoms with van der Waals surface area (Å²) < 4.78 is 5.36. The van der Waals surface area contributed by atoms with Crippen molar-refractivity contribution in [3.8, 4) is 11.5 Å². The van der Waals surface area contributed by atoms with Gasteiger partial charge in [-0.3, -0.25) is 9.78 Å². The van der Waals surface area contributed by atoms with E-state index < -0.39 is 0 Å². The SMILES string of the molecule is O=C(CC12CC3CC(CC(C3)C1)C2)NCc1ccc(-c2ccco2)nc1. The molecule has 1 amide bonds. The van der Waals surface area contributed by atoms with Crippen molar-refractivity contribution in [1.29, 1.82) is 0 Å². The molecule has 0 atom stereocenters. The van der Waals surface area contributed by atoms with Crippen LogP contribution in [-0.2, 0) is 11.3 Å². The number of carbonyl (C=O) groups excluding carboxylic acids is 1. The van der Waals surface area contributed by atoms with Crippen molar-refractivity contribution in [2.45, 2.75) is 51.5 Å². The molecule has 0 saturated heterocycles. The molecule has 0 aromatic carbocycles. The third-order valence-electron chi connectivity index (χ3n) is 6.79. The molecule has 4 nitrogen and oxygen atoms in total. The summed E-state index contributed by atoms with van der Waals surface area (Å²) in [6, 6.07) is 7.71. The van der Waals surface area contributed by atoms with Gasteiger partial charge in [0.05, 0.1) is 6.26 Å². The molecule has 4 aliphatic carbocycles. The van der Waals surface area contributed by atoms with Crippen LogP contribution < -0.4 is 5.32 Å². The van der Waals surface area contributed by atoms with Gasteiger partial charge in [-0.05, 0) is 85.5 Å². The highest BCUT2D eigenvalue weighted by Crippen LogP contribution is 2.61. The average Bonchev–Trinajstić information content (AvgIpc) is 3.13. The van der Waals surface area contributed by atoms with Crippen LogP contribution >= 0.6 is 0 Å². The van der Waals surface area contributed by atoms with Crippen molar-refractivity contribution in [1.82, 2.24) is 10.3 Å². The molecule has 2 aromatic rings. The molecule has 2 aromatic heterocycles. The molecule has 6 rings (SSSR count). The van der Waals surface area contributed by atoms with Crippen molar-refractivity contribution in [2.24, 2.45) is 23.2 Å². The van der Waals surface area contributed by atoms with E-state index in [-0.39, 0.29) is 5.91 Å². The van der Waals surface area contributed by atoms with E-state index in [9.17, 15) is 4.79 Å². The Hall–Kier alpha value is -2.10. The van der Waals surface area contributed by atoms with E-state index in [0.29, 0.717) is 18.4 Å². The quantitative estimate of drug-likeness (QED) is 0.860. The molecule has 4 saturated carbocycles. The Morgan fingerprint density at radius 3 is 2.42 bits per heavy atom. The van der Waals surface area contributed by atoms with Crippen molar-refractivity contribution in [2.75, 3.05) is 0 Å². The first-order valence-electron chi connectivity index (χ1n) is 9.93. The number of hydrogen-bond acceptors (Lipinski definition) is 3. The smallest absolute Gasteiger partial charge is 0.220 e. The lowest BCUT2D eigenvalue weighted by Gasteiger charge is -2.56. The molecule has 4 fully saturated rings. The van der Waals surface area contributed by atoms with Gasteiger partial charge in [-0.2, -0.15) is 0 Å². The second kappa shape index (κ2) is 6.26. The highest BCUT2D eigenvalue weighted by molar-refractivity contribution is 5.76. The highest BCUT2D eigenvalue weighted by atomic mass is 16.3. The van der Waals surface area contributed by atoms with Crippen molar-refractivity contribution in [3.63, 3.8) is 0 Å². The summed E-state index contributed by atoms with van der Waals surface area (Å²) in [5.74, 6) is 3.66. The predicted octanol–water partition coefficient (Wildman–Crippen LogP) is 4.56. The maximum Gasteiger partial charge on any atom is 0.220 e. The first-order chi connectivity index (χ1) is 12.7. The van der Waals surface area contributed by atoms with E-state index in [1.807, 2.05) is 30.5 Å². The summed E-state index contributed by atoms with van der Waals surface area (Å²) in [6.07, 6.45) is 12.3. The first-order valence-corrected chi connectivity index (χ1v) is 9.93. The molecular weight excluding hydrogens is 324 g/mol. The number of furan rings is 1. The van der Waals surface area contributed by atoms with Gasteiger partial charge in [0, 0.05) is 19.2 Å². The van der Waals surface area contributed by atoms with Gasteiger partial charge in [0.25, 0.3) is 0 Å². The van der Waals surface area contributed by atoms with E-state index in [1.54, 1.807) is 6.26 Å². The number of nitrogens with one attached hydrogen (secondary N) is 1. The summed E-state index contributed by atoms with van der Waals surface area (Å²) in [7, 11) is 0. The van der Waals surface area contributed by atoms with Crippen LogP contribution in [0.25, 0.3) is 11.5 Å². The zero-order valence-corrected chi connectivity index (χ0v) is 15.1. The summed E-state index contributed by atoms with van der Waals surface area (Å²) in [6.45, 7) is 0.552. The molecule has 0 spiro atoms. The molecule has 4 heteroatoms. The van der Waals surface area contributed by atoms with Crippen LogP contribution in [0.15, 0.2) is 41.1 Å². The Bertz CT molecular complexity index is 744. The summed E-state index contributed by atoms with van der Waals surface area (Å²) in [5.41, 5.74) is 2.15. The topological polar surface area (TPSA) is 55.1 Å². The lowest BCUT2D eigenvalue weighted by Crippen LogP contribution is -2.47.